The monoisotopic (exact) mass is 494 g/mol. The highest BCUT2D eigenvalue weighted by Gasteiger charge is 2.24. The Morgan fingerprint density at radius 2 is 1.64 bits per heavy atom. The molecule has 0 atom stereocenters. The fourth-order valence-corrected chi connectivity index (χ4v) is 5.46. The molecular formula is C30H30N4OS. The summed E-state index contributed by atoms with van der Waals surface area (Å²) in [5, 5.41) is 1.59. The molecule has 0 unspecified atom stereocenters. The number of amides is 1. The van der Waals surface area contributed by atoms with Crippen molar-refractivity contribution in [3.8, 4) is 11.3 Å². The predicted octanol–water partition coefficient (Wildman–Crippen LogP) is 6.73. The number of hydrogen-bond acceptors (Lipinski definition) is 5. The molecule has 0 fully saturated rings. The van der Waals surface area contributed by atoms with E-state index >= 15 is 0 Å². The number of hydrogen-bond donors (Lipinski definition) is 0. The summed E-state index contributed by atoms with van der Waals surface area (Å²) in [6, 6.07) is 24.1. The second-order valence-electron chi connectivity index (χ2n) is 9.40. The molecule has 0 N–H and O–H groups in total. The van der Waals surface area contributed by atoms with Gasteiger partial charge in [-0.2, -0.15) is 0 Å². The van der Waals surface area contributed by atoms with Crippen LogP contribution in [0.25, 0.3) is 32.4 Å². The van der Waals surface area contributed by atoms with Crippen LogP contribution >= 0.6 is 11.3 Å². The van der Waals surface area contributed by atoms with Crippen LogP contribution in [0.5, 0.6) is 0 Å². The molecule has 0 aliphatic rings. The maximum atomic E-state index is 14.3. The molecule has 5 nitrogen and oxygen atoms in total. The Kier molecular flexibility index (Phi) is 6.81. The van der Waals surface area contributed by atoms with E-state index in [9.17, 15) is 4.79 Å². The van der Waals surface area contributed by atoms with Gasteiger partial charge < -0.3 is 4.90 Å². The van der Waals surface area contributed by atoms with Crippen molar-refractivity contribution in [1.29, 1.82) is 0 Å². The van der Waals surface area contributed by atoms with E-state index in [1.807, 2.05) is 65.6 Å². The van der Waals surface area contributed by atoms with Crippen LogP contribution in [0.3, 0.4) is 0 Å². The smallest absolute Gasteiger partial charge is 0.260 e. The largest absolute Gasteiger partial charge is 0.309 e. The molecule has 3 aromatic carbocycles. The summed E-state index contributed by atoms with van der Waals surface area (Å²) < 4.78 is 1.10. The summed E-state index contributed by atoms with van der Waals surface area (Å²) in [4.78, 5) is 28.1. The van der Waals surface area contributed by atoms with Crippen molar-refractivity contribution in [1.82, 2.24) is 14.9 Å². The lowest BCUT2D eigenvalue weighted by atomic mass is 10.0. The minimum absolute atomic E-state index is 0.0435. The summed E-state index contributed by atoms with van der Waals surface area (Å²) >= 11 is 1.58. The van der Waals surface area contributed by atoms with Gasteiger partial charge in [0, 0.05) is 17.5 Å². The van der Waals surface area contributed by atoms with E-state index in [0.29, 0.717) is 12.1 Å². The highest BCUT2D eigenvalue weighted by Crippen LogP contribution is 2.34. The van der Waals surface area contributed by atoms with Crippen LogP contribution in [0.1, 0.15) is 27.9 Å². The molecule has 6 heteroatoms. The normalized spacial score (nSPS) is 11.5. The molecule has 36 heavy (non-hydrogen) atoms. The van der Waals surface area contributed by atoms with Gasteiger partial charge in [0.1, 0.15) is 0 Å². The average molecular weight is 495 g/mol. The number of carbonyl (C=O) groups excluding carboxylic acids is 1. The number of thiazole rings is 1. The van der Waals surface area contributed by atoms with Crippen LogP contribution in [0.4, 0.5) is 5.13 Å². The van der Waals surface area contributed by atoms with Gasteiger partial charge in [-0.25, -0.2) is 9.97 Å². The van der Waals surface area contributed by atoms with Crippen molar-refractivity contribution < 1.29 is 4.79 Å². The molecule has 5 aromatic rings. The number of benzene rings is 3. The summed E-state index contributed by atoms with van der Waals surface area (Å²) in [6.45, 7) is 5.68. The number of fused-ring (bicyclic) bond motifs is 2. The van der Waals surface area contributed by atoms with Crippen molar-refractivity contribution in [2.24, 2.45) is 0 Å². The highest BCUT2D eigenvalue weighted by molar-refractivity contribution is 7.22. The van der Waals surface area contributed by atoms with Gasteiger partial charge in [-0.05, 0) is 70.2 Å². The molecule has 182 valence electrons. The van der Waals surface area contributed by atoms with Crippen LogP contribution in [0, 0.1) is 13.8 Å². The minimum Gasteiger partial charge on any atom is -0.309 e. The number of nitrogens with zero attached hydrogens (tertiary/aromatic N) is 4. The Bertz CT molecular complexity index is 1540. The van der Waals surface area contributed by atoms with Gasteiger partial charge in [0.2, 0.25) is 0 Å². The number of rotatable bonds is 7. The first-order chi connectivity index (χ1) is 17.4. The van der Waals surface area contributed by atoms with Gasteiger partial charge in [-0.1, -0.05) is 65.9 Å². The zero-order valence-corrected chi connectivity index (χ0v) is 22.0. The molecule has 0 bridgehead atoms. The molecule has 2 heterocycles. The Labute approximate surface area is 216 Å². The molecule has 0 aliphatic carbocycles. The van der Waals surface area contributed by atoms with Crippen molar-refractivity contribution in [3.63, 3.8) is 0 Å². The van der Waals surface area contributed by atoms with E-state index in [-0.39, 0.29) is 5.91 Å². The maximum absolute atomic E-state index is 14.3. The van der Waals surface area contributed by atoms with Crippen molar-refractivity contribution >= 4 is 43.5 Å². The van der Waals surface area contributed by atoms with Crippen LogP contribution in [-0.2, 0) is 0 Å². The summed E-state index contributed by atoms with van der Waals surface area (Å²) in [5.74, 6) is -0.0435. The first-order valence-corrected chi connectivity index (χ1v) is 13.0. The lowest BCUT2D eigenvalue weighted by molar-refractivity contribution is 0.0987. The predicted molar refractivity (Wildman–Crippen MR) is 151 cm³/mol. The third-order valence-electron chi connectivity index (χ3n) is 6.55. The van der Waals surface area contributed by atoms with E-state index in [4.69, 9.17) is 9.97 Å². The Balaban J connectivity index is 1.63. The lowest BCUT2D eigenvalue weighted by Gasteiger charge is -2.22. The number of anilines is 1. The topological polar surface area (TPSA) is 49.3 Å². The molecular weight excluding hydrogens is 464 g/mol. The number of carbonyl (C=O) groups is 1. The van der Waals surface area contributed by atoms with Crippen LogP contribution in [0.2, 0.25) is 0 Å². The van der Waals surface area contributed by atoms with E-state index < -0.39 is 0 Å². The maximum Gasteiger partial charge on any atom is 0.260 e. The van der Waals surface area contributed by atoms with Gasteiger partial charge in [-0.15, -0.1) is 0 Å². The summed E-state index contributed by atoms with van der Waals surface area (Å²) in [7, 11) is 4.11. The van der Waals surface area contributed by atoms with Crippen molar-refractivity contribution in [3.05, 3.63) is 89.5 Å². The van der Waals surface area contributed by atoms with Crippen LogP contribution < -0.4 is 4.90 Å². The standard InChI is InChI=1S/C30H30N4OS/c1-20-15-16-27-28(21(20)2)32-30(36-27)34(18-10-17-33(3)4)29(35)24-19-26(22-11-6-5-7-12-22)31-25-14-9-8-13-23(24)25/h5-9,11-16,19H,10,17-18H2,1-4H3. The van der Waals surface area contributed by atoms with Crippen molar-refractivity contribution in [2.75, 3.05) is 32.1 Å². The zero-order chi connectivity index (χ0) is 25.2. The Morgan fingerprint density at radius 1 is 0.889 bits per heavy atom. The molecule has 5 rings (SSSR count). The van der Waals surface area contributed by atoms with Gasteiger partial charge in [0.05, 0.1) is 27.0 Å². The van der Waals surface area contributed by atoms with Crippen molar-refractivity contribution in [2.45, 2.75) is 20.3 Å². The minimum atomic E-state index is -0.0435. The quantitative estimate of drug-likeness (QED) is 0.252. The SMILES string of the molecule is Cc1ccc2sc(N(CCCN(C)C)C(=O)c3cc(-c4ccccc4)nc4ccccc34)nc2c1C. The number of aromatic nitrogens is 2. The Morgan fingerprint density at radius 3 is 2.42 bits per heavy atom. The Hall–Kier alpha value is -3.61. The van der Waals surface area contributed by atoms with E-state index in [1.54, 1.807) is 11.3 Å². The second-order valence-corrected chi connectivity index (χ2v) is 10.4. The number of aryl methyl sites for hydroxylation is 2. The lowest BCUT2D eigenvalue weighted by Crippen LogP contribution is -2.33. The molecule has 0 spiro atoms. The molecule has 0 saturated carbocycles. The summed E-state index contributed by atoms with van der Waals surface area (Å²) in [5.41, 5.74) is 6.59. The van der Waals surface area contributed by atoms with Gasteiger partial charge >= 0.3 is 0 Å². The highest BCUT2D eigenvalue weighted by atomic mass is 32.1. The van der Waals surface area contributed by atoms with Crippen LogP contribution in [-0.4, -0.2) is 48.0 Å². The van der Waals surface area contributed by atoms with E-state index in [1.165, 1.54) is 5.56 Å². The number of para-hydroxylation sites is 1. The molecule has 0 aliphatic heterocycles. The van der Waals surface area contributed by atoms with Crippen LogP contribution in [0.15, 0.2) is 72.8 Å². The van der Waals surface area contributed by atoms with Gasteiger partial charge in [0.15, 0.2) is 5.13 Å². The molecule has 2 aromatic heterocycles. The second kappa shape index (κ2) is 10.2. The first-order valence-electron chi connectivity index (χ1n) is 12.2. The summed E-state index contributed by atoms with van der Waals surface area (Å²) in [6.07, 6.45) is 0.848. The zero-order valence-electron chi connectivity index (χ0n) is 21.2. The van der Waals surface area contributed by atoms with Gasteiger partial charge in [-0.3, -0.25) is 9.69 Å². The van der Waals surface area contributed by atoms with E-state index in [0.717, 1.165) is 56.0 Å². The third-order valence-corrected chi connectivity index (χ3v) is 7.60. The first kappa shape index (κ1) is 24.1. The number of pyridine rings is 1. The molecule has 1 amide bonds. The van der Waals surface area contributed by atoms with E-state index in [2.05, 4.69) is 45.0 Å². The fourth-order valence-electron chi connectivity index (χ4n) is 4.41. The average Bonchev–Trinajstić information content (AvgIpc) is 3.33. The molecule has 0 radical (unpaired) electrons. The van der Waals surface area contributed by atoms with Gasteiger partial charge in [0.25, 0.3) is 5.91 Å². The molecule has 0 saturated heterocycles. The third kappa shape index (κ3) is 4.74. The fraction of sp³-hybridized carbons (Fsp3) is 0.233.